The third-order valence-electron chi connectivity index (χ3n) is 5.98. The van der Waals surface area contributed by atoms with Crippen molar-refractivity contribution in [1.82, 2.24) is 0 Å². The monoisotopic (exact) mass is 382 g/mol. The van der Waals surface area contributed by atoms with Gasteiger partial charge >= 0.3 is 5.97 Å². The molecule has 26 heavy (non-hydrogen) atoms. The number of ether oxygens (including phenoxy) is 1. The number of carbonyl (C=O) groups excluding carboxylic acids is 2. The summed E-state index contributed by atoms with van der Waals surface area (Å²) in [6.45, 7) is 15.7. The van der Waals surface area contributed by atoms with Crippen LogP contribution in [0.3, 0.4) is 0 Å². The van der Waals surface area contributed by atoms with Crippen molar-refractivity contribution in [2.45, 2.75) is 90.5 Å². The maximum atomic E-state index is 11.9. The Hall–Kier alpha value is -0.943. The van der Waals surface area contributed by atoms with Crippen molar-refractivity contribution in [2.24, 2.45) is 11.8 Å². The van der Waals surface area contributed by atoms with E-state index in [1.54, 1.807) is 6.92 Å². The van der Waals surface area contributed by atoms with E-state index in [-0.39, 0.29) is 23.9 Å². The molecule has 0 aromatic rings. The second kappa shape index (κ2) is 10.4. The maximum Gasteiger partial charge on any atom is 0.330 e. The van der Waals surface area contributed by atoms with E-state index in [1.165, 1.54) is 6.08 Å². The number of aldehydes is 1. The van der Waals surface area contributed by atoms with Crippen LogP contribution in [0.4, 0.5) is 0 Å². The summed E-state index contributed by atoms with van der Waals surface area (Å²) in [7, 11) is -2.11. The molecular weight excluding hydrogens is 344 g/mol. The normalized spacial score (nSPS) is 22.5. The van der Waals surface area contributed by atoms with Crippen LogP contribution in [0.5, 0.6) is 0 Å². The molecule has 4 nitrogen and oxygen atoms in total. The molecule has 0 amide bonds. The second-order valence-corrected chi connectivity index (χ2v) is 13.8. The van der Waals surface area contributed by atoms with Gasteiger partial charge in [0.2, 0.25) is 8.32 Å². The molecule has 1 fully saturated rings. The molecule has 5 heteroatoms. The molecule has 150 valence electrons. The van der Waals surface area contributed by atoms with Crippen LogP contribution in [0, 0.1) is 11.8 Å². The predicted octanol–water partition coefficient (Wildman–Crippen LogP) is 5.28. The number of esters is 1. The van der Waals surface area contributed by atoms with Gasteiger partial charge in [0, 0.05) is 12.0 Å². The van der Waals surface area contributed by atoms with Crippen molar-refractivity contribution >= 4 is 20.6 Å². The van der Waals surface area contributed by atoms with Gasteiger partial charge in [0.15, 0.2) is 0 Å². The zero-order chi connectivity index (χ0) is 19.9. The lowest BCUT2D eigenvalue weighted by molar-refractivity contribution is -0.137. The van der Waals surface area contributed by atoms with Gasteiger partial charge in [-0.05, 0) is 48.4 Å². The Morgan fingerprint density at radius 1 is 1.08 bits per heavy atom. The van der Waals surface area contributed by atoms with E-state index in [9.17, 15) is 9.59 Å². The molecule has 0 aromatic carbocycles. The highest BCUT2D eigenvalue weighted by atomic mass is 28.4. The molecule has 1 rings (SSSR count). The van der Waals surface area contributed by atoms with Gasteiger partial charge in [0.1, 0.15) is 6.29 Å². The summed E-state index contributed by atoms with van der Waals surface area (Å²) in [5.41, 5.74) is 1.37. The SMILES string of the molecule is CCOC(=O)/C=C/[C@H](O[Si](C(C)C)(C(C)C)C(C)C)[C@H]1CCC[C@@H]1C=O. The fraction of sp³-hybridized carbons (Fsp3) is 0.810. The van der Waals surface area contributed by atoms with Crippen LogP contribution in [0.25, 0.3) is 0 Å². The minimum Gasteiger partial charge on any atom is -0.463 e. The summed E-state index contributed by atoms with van der Waals surface area (Å²) in [6, 6.07) is 0. The summed E-state index contributed by atoms with van der Waals surface area (Å²) in [4.78, 5) is 23.4. The average Bonchev–Trinajstić information content (AvgIpc) is 3.02. The fourth-order valence-electron chi connectivity index (χ4n) is 4.87. The van der Waals surface area contributed by atoms with Crippen molar-refractivity contribution < 1.29 is 18.8 Å². The Labute approximate surface area is 160 Å². The summed E-state index contributed by atoms with van der Waals surface area (Å²) in [5, 5.41) is 0. The topological polar surface area (TPSA) is 52.6 Å². The Morgan fingerprint density at radius 2 is 1.65 bits per heavy atom. The minimum absolute atomic E-state index is 0.0185. The van der Waals surface area contributed by atoms with Crippen LogP contribution in [0.15, 0.2) is 12.2 Å². The van der Waals surface area contributed by atoms with E-state index in [0.29, 0.717) is 23.2 Å². The number of rotatable bonds is 10. The highest BCUT2D eigenvalue weighted by molar-refractivity contribution is 6.77. The predicted molar refractivity (Wildman–Crippen MR) is 109 cm³/mol. The molecule has 0 aliphatic heterocycles. The van der Waals surface area contributed by atoms with Gasteiger partial charge in [-0.25, -0.2) is 4.79 Å². The molecular formula is C21H38O4Si. The van der Waals surface area contributed by atoms with Crippen LogP contribution in [0.2, 0.25) is 16.6 Å². The van der Waals surface area contributed by atoms with E-state index < -0.39 is 8.32 Å². The Bertz CT molecular complexity index is 463. The highest BCUT2D eigenvalue weighted by Gasteiger charge is 2.48. The molecule has 0 N–H and O–H groups in total. The highest BCUT2D eigenvalue weighted by Crippen LogP contribution is 2.45. The first kappa shape index (κ1) is 23.1. The van der Waals surface area contributed by atoms with Crippen molar-refractivity contribution in [1.29, 1.82) is 0 Å². The zero-order valence-electron chi connectivity index (χ0n) is 17.7. The third kappa shape index (κ3) is 5.29. The number of carbonyl (C=O) groups is 2. The fourth-order valence-corrected chi connectivity index (χ4v) is 10.4. The molecule has 3 atom stereocenters. The maximum absolute atomic E-state index is 11.9. The van der Waals surface area contributed by atoms with Gasteiger partial charge < -0.3 is 14.0 Å². The van der Waals surface area contributed by atoms with Crippen molar-refractivity contribution in [2.75, 3.05) is 6.61 Å². The average molecular weight is 383 g/mol. The van der Waals surface area contributed by atoms with Gasteiger partial charge in [0.05, 0.1) is 12.7 Å². The first-order valence-corrected chi connectivity index (χ1v) is 12.3. The Balaban J connectivity index is 3.21. The molecule has 0 saturated heterocycles. The lowest BCUT2D eigenvalue weighted by atomic mass is 9.91. The molecule has 0 bridgehead atoms. The first-order chi connectivity index (χ1) is 12.2. The molecule has 0 heterocycles. The van der Waals surface area contributed by atoms with Crippen LogP contribution in [0.1, 0.15) is 67.7 Å². The smallest absolute Gasteiger partial charge is 0.330 e. The summed E-state index contributed by atoms with van der Waals surface area (Å²) in [5.74, 6) is -0.168. The van der Waals surface area contributed by atoms with Crippen molar-refractivity contribution in [3.05, 3.63) is 12.2 Å². The quantitative estimate of drug-likeness (QED) is 0.223. The standard InChI is InChI=1S/C21H38O4Si/c1-8-24-21(23)13-12-20(19-11-9-10-18(19)14-22)25-26(15(2)3,16(4)5)17(6)7/h12-20H,8-11H2,1-7H3/b13-12+/t18-,19+,20+/m1/s1. The summed E-state index contributed by atoms with van der Waals surface area (Å²) in [6.07, 6.45) is 7.17. The van der Waals surface area contributed by atoms with E-state index in [2.05, 4.69) is 41.5 Å². The Kier molecular flexibility index (Phi) is 9.24. The molecule has 0 unspecified atom stereocenters. The molecule has 1 saturated carbocycles. The van der Waals surface area contributed by atoms with E-state index in [0.717, 1.165) is 25.5 Å². The largest absolute Gasteiger partial charge is 0.463 e. The molecule has 0 spiro atoms. The lowest BCUT2D eigenvalue weighted by Gasteiger charge is -2.45. The van der Waals surface area contributed by atoms with Crippen LogP contribution >= 0.6 is 0 Å². The van der Waals surface area contributed by atoms with Crippen LogP contribution in [-0.4, -0.2) is 33.3 Å². The first-order valence-electron chi connectivity index (χ1n) is 10.2. The van der Waals surface area contributed by atoms with E-state index in [4.69, 9.17) is 9.16 Å². The number of hydrogen-bond acceptors (Lipinski definition) is 4. The van der Waals surface area contributed by atoms with Gasteiger partial charge in [0.25, 0.3) is 0 Å². The minimum atomic E-state index is -2.11. The summed E-state index contributed by atoms with van der Waals surface area (Å²) < 4.78 is 12.0. The molecule has 0 radical (unpaired) electrons. The molecule has 1 aliphatic rings. The van der Waals surface area contributed by atoms with E-state index >= 15 is 0 Å². The second-order valence-electron chi connectivity index (χ2n) is 8.41. The molecule has 1 aliphatic carbocycles. The Morgan fingerprint density at radius 3 is 2.12 bits per heavy atom. The zero-order valence-corrected chi connectivity index (χ0v) is 18.7. The van der Waals surface area contributed by atoms with Crippen LogP contribution in [-0.2, 0) is 18.8 Å². The van der Waals surface area contributed by atoms with Gasteiger partial charge in [-0.15, -0.1) is 0 Å². The third-order valence-corrected chi connectivity index (χ3v) is 12.1. The van der Waals surface area contributed by atoms with E-state index in [1.807, 2.05) is 6.08 Å². The van der Waals surface area contributed by atoms with Gasteiger partial charge in [-0.1, -0.05) is 48.0 Å². The lowest BCUT2D eigenvalue weighted by Crippen LogP contribution is -2.51. The van der Waals surface area contributed by atoms with Gasteiger partial charge in [-0.2, -0.15) is 0 Å². The molecule has 0 aromatic heterocycles. The van der Waals surface area contributed by atoms with Gasteiger partial charge in [-0.3, -0.25) is 0 Å². The summed E-state index contributed by atoms with van der Waals surface area (Å²) >= 11 is 0. The van der Waals surface area contributed by atoms with Crippen LogP contribution < -0.4 is 0 Å². The number of hydrogen-bond donors (Lipinski definition) is 0. The van der Waals surface area contributed by atoms with Crippen molar-refractivity contribution in [3.8, 4) is 0 Å². The van der Waals surface area contributed by atoms with Crippen molar-refractivity contribution in [3.63, 3.8) is 0 Å².